The van der Waals surface area contributed by atoms with Crippen LogP contribution in [0.5, 0.6) is 11.6 Å². The monoisotopic (exact) mass is 448 g/mol. The van der Waals surface area contributed by atoms with Gasteiger partial charge in [0, 0.05) is 19.3 Å². The summed E-state index contributed by atoms with van der Waals surface area (Å²) < 4.78 is 26.6. The van der Waals surface area contributed by atoms with E-state index in [0.29, 0.717) is 17.8 Å². The van der Waals surface area contributed by atoms with Crippen LogP contribution in [-0.4, -0.2) is 34.5 Å². The third-order valence-corrected chi connectivity index (χ3v) is 5.26. The van der Waals surface area contributed by atoms with Crippen molar-refractivity contribution in [3.05, 3.63) is 75.5 Å². The standard InChI is InChI=1S/C24H21FN4O4/c1-15-6-4-10-29-21(15)28-23(33-20-9-3-2-8-19(20)25)18(24(29)31)12-16(13-26)22(30)27-14-17-7-5-11-32-17/h2-4,6,8-10,12,17H,5,7,11,14H2,1H3,(H,27,30). The van der Waals surface area contributed by atoms with Crippen LogP contribution in [0.25, 0.3) is 11.7 Å². The van der Waals surface area contributed by atoms with E-state index in [1.165, 1.54) is 28.8 Å². The maximum absolute atomic E-state index is 14.2. The van der Waals surface area contributed by atoms with Gasteiger partial charge < -0.3 is 14.8 Å². The summed E-state index contributed by atoms with van der Waals surface area (Å²) in [5.41, 5.74) is -0.0107. The van der Waals surface area contributed by atoms with Crippen LogP contribution in [0.2, 0.25) is 0 Å². The molecular formula is C24H21FN4O4. The number of para-hydroxylation sites is 1. The fourth-order valence-electron chi connectivity index (χ4n) is 3.53. The summed E-state index contributed by atoms with van der Waals surface area (Å²) in [6, 6.07) is 10.9. The first-order valence-corrected chi connectivity index (χ1v) is 10.4. The maximum atomic E-state index is 14.2. The van der Waals surface area contributed by atoms with Crippen molar-refractivity contribution in [3.8, 4) is 17.7 Å². The van der Waals surface area contributed by atoms with E-state index in [4.69, 9.17) is 9.47 Å². The summed E-state index contributed by atoms with van der Waals surface area (Å²) in [7, 11) is 0. The van der Waals surface area contributed by atoms with Crippen molar-refractivity contribution in [2.24, 2.45) is 0 Å². The summed E-state index contributed by atoms with van der Waals surface area (Å²) in [6.45, 7) is 2.66. The lowest BCUT2D eigenvalue weighted by molar-refractivity contribution is -0.117. The molecule has 2 aromatic heterocycles. The lowest BCUT2D eigenvalue weighted by atomic mass is 10.1. The second-order valence-corrected chi connectivity index (χ2v) is 7.57. The number of hydrogen-bond acceptors (Lipinski definition) is 6. The minimum absolute atomic E-state index is 0.107. The van der Waals surface area contributed by atoms with E-state index in [9.17, 15) is 19.2 Å². The van der Waals surface area contributed by atoms with Crippen molar-refractivity contribution in [2.75, 3.05) is 13.2 Å². The number of fused-ring (bicyclic) bond motifs is 1. The van der Waals surface area contributed by atoms with E-state index in [1.54, 1.807) is 25.1 Å². The Kier molecular flexibility index (Phi) is 6.47. The highest BCUT2D eigenvalue weighted by Crippen LogP contribution is 2.26. The molecule has 1 unspecified atom stereocenters. The molecule has 1 aromatic carbocycles. The molecule has 1 aliphatic rings. The van der Waals surface area contributed by atoms with E-state index >= 15 is 0 Å². The van der Waals surface area contributed by atoms with Crippen molar-refractivity contribution in [1.82, 2.24) is 14.7 Å². The molecule has 168 valence electrons. The lowest BCUT2D eigenvalue weighted by Crippen LogP contribution is -2.32. The van der Waals surface area contributed by atoms with Gasteiger partial charge in [0.05, 0.1) is 6.10 Å². The molecule has 1 fully saturated rings. The number of pyridine rings is 1. The van der Waals surface area contributed by atoms with Gasteiger partial charge in [0.25, 0.3) is 11.5 Å². The molecule has 1 atom stereocenters. The van der Waals surface area contributed by atoms with Gasteiger partial charge in [-0.1, -0.05) is 18.2 Å². The molecule has 0 radical (unpaired) electrons. The summed E-state index contributed by atoms with van der Waals surface area (Å²) in [6.07, 6.45) is 4.26. The van der Waals surface area contributed by atoms with Gasteiger partial charge in [0.15, 0.2) is 11.6 Å². The van der Waals surface area contributed by atoms with Crippen molar-refractivity contribution in [3.63, 3.8) is 0 Å². The first kappa shape index (κ1) is 22.2. The molecule has 9 heteroatoms. The number of nitrogens with zero attached hydrogens (tertiary/aromatic N) is 3. The highest BCUT2D eigenvalue weighted by molar-refractivity contribution is 6.01. The molecule has 4 rings (SSSR count). The van der Waals surface area contributed by atoms with Gasteiger partial charge in [-0.3, -0.25) is 14.0 Å². The molecule has 3 aromatic rings. The quantitative estimate of drug-likeness (QED) is 0.459. The molecule has 33 heavy (non-hydrogen) atoms. The van der Waals surface area contributed by atoms with Crippen LogP contribution in [0, 0.1) is 24.1 Å². The summed E-state index contributed by atoms with van der Waals surface area (Å²) in [4.78, 5) is 30.3. The molecule has 0 saturated carbocycles. The van der Waals surface area contributed by atoms with E-state index in [0.717, 1.165) is 18.9 Å². The number of nitrogens with one attached hydrogen (secondary N) is 1. The summed E-state index contributed by atoms with van der Waals surface area (Å²) in [5.74, 6) is -1.65. The van der Waals surface area contributed by atoms with Crippen LogP contribution in [0.4, 0.5) is 4.39 Å². The van der Waals surface area contributed by atoms with Crippen LogP contribution >= 0.6 is 0 Å². The average molecular weight is 448 g/mol. The van der Waals surface area contributed by atoms with Crippen LogP contribution < -0.4 is 15.6 Å². The van der Waals surface area contributed by atoms with Crippen LogP contribution in [-0.2, 0) is 9.53 Å². The fraction of sp³-hybridized carbons (Fsp3) is 0.250. The average Bonchev–Trinajstić information content (AvgIpc) is 3.33. The topological polar surface area (TPSA) is 106 Å². The number of hydrogen-bond donors (Lipinski definition) is 1. The predicted molar refractivity (Wildman–Crippen MR) is 118 cm³/mol. The molecule has 0 aliphatic carbocycles. The van der Waals surface area contributed by atoms with Gasteiger partial charge in [-0.05, 0) is 49.6 Å². The van der Waals surface area contributed by atoms with Gasteiger partial charge in [-0.15, -0.1) is 0 Å². The number of benzene rings is 1. The van der Waals surface area contributed by atoms with E-state index in [1.807, 2.05) is 6.07 Å². The third kappa shape index (κ3) is 4.76. The second kappa shape index (κ2) is 9.63. The molecule has 8 nitrogen and oxygen atoms in total. The zero-order valence-electron chi connectivity index (χ0n) is 17.9. The van der Waals surface area contributed by atoms with E-state index in [-0.39, 0.29) is 35.4 Å². The van der Waals surface area contributed by atoms with Crippen LogP contribution in [0.1, 0.15) is 24.0 Å². The molecule has 1 amide bonds. The largest absolute Gasteiger partial charge is 0.435 e. The number of amides is 1. The third-order valence-electron chi connectivity index (χ3n) is 5.26. The Bertz CT molecular complexity index is 1340. The number of aromatic nitrogens is 2. The number of ether oxygens (including phenoxy) is 2. The Labute approximate surface area is 188 Å². The van der Waals surface area contributed by atoms with Gasteiger partial charge in [0.1, 0.15) is 22.9 Å². The SMILES string of the molecule is Cc1cccn2c(=O)c(C=C(C#N)C(=O)NCC3CCCO3)c(Oc3ccccc3F)nc12. The minimum atomic E-state index is -0.654. The lowest BCUT2D eigenvalue weighted by Gasteiger charge is -2.12. The van der Waals surface area contributed by atoms with Crippen molar-refractivity contribution >= 4 is 17.6 Å². The summed E-state index contributed by atoms with van der Waals surface area (Å²) in [5, 5.41) is 12.2. The highest BCUT2D eigenvalue weighted by atomic mass is 19.1. The maximum Gasteiger partial charge on any atom is 0.269 e. The van der Waals surface area contributed by atoms with Crippen LogP contribution in [0.3, 0.4) is 0 Å². The van der Waals surface area contributed by atoms with Gasteiger partial charge >= 0.3 is 0 Å². The molecular weight excluding hydrogens is 427 g/mol. The Morgan fingerprint density at radius 1 is 1.39 bits per heavy atom. The minimum Gasteiger partial charge on any atom is -0.435 e. The number of aryl methyl sites for hydroxylation is 1. The Morgan fingerprint density at radius 2 is 2.21 bits per heavy atom. The Hall–Kier alpha value is -4.03. The Morgan fingerprint density at radius 3 is 2.94 bits per heavy atom. The number of halogens is 1. The number of carbonyl (C=O) groups is 1. The van der Waals surface area contributed by atoms with Crippen LogP contribution in [0.15, 0.2) is 53.0 Å². The van der Waals surface area contributed by atoms with Crippen molar-refractivity contribution in [1.29, 1.82) is 5.26 Å². The number of rotatable bonds is 6. The second-order valence-electron chi connectivity index (χ2n) is 7.57. The predicted octanol–water partition coefficient (Wildman–Crippen LogP) is 3.14. The van der Waals surface area contributed by atoms with Gasteiger partial charge in [-0.25, -0.2) is 4.39 Å². The van der Waals surface area contributed by atoms with Gasteiger partial charge in [0.2, 0.25) is 5.88 Å². The number of carbonyl (C=O) groups excluding carboxylic acids is 1. The molecule has 1 saturated heterocycles. The molecule has 1 aliphatic heterocycles. The van der Waals surface area contributed by atoms with Crippen molar-refractivity contribution < 1.29 is 18.7 Å². The zero-order chi connectivity index (χ0) is 23.4. The summed E-state index contributed by atoms with van der Waals surface area (Å²) >= 11 is 0. The molecule has 3 heterocycles. The van der Waals surface area contributed by atoms with Gasteiger partial charge in [-0.2, -0.15) is 10.2 Å². The first-order valence-electron chi connectivity index (χ1n) is 10.4. The van der Waals surface area contributed by atoms with E-state index in [2.05, 4.69) is 10.3 Å². The normalized spacial score (nSPS) is 15.9. The Balaban J connectivity index is 1.77. The highest BCUT2D eigenvalue weighted by Gasteiger charge is 2.21. The first-order chi connectivity index (χ1) is 16.0. The number of nitriles is 1. The van der Waals surface area contributed by atoms with E-state index < -0.39 is 17.3 Å². The molecule has 0 spiro atoms. The molecule has 1 N–H and O–H groups in total. The fourth-order valence-corrected chi connectivity index (χ4v) is 3.53. The van der Waals surface area contributed by atoms with Crippen molar-refractivity contribution in [2.45, 2.75) is 25.9 Å². The smallest absolute Gasteiger partial charge is 0.269 e. The molecule has 0 bridgehead atoms. The zero-order valence-corrected chi connectivity index (χ0v) is 17.9.